The van der Waals surface area contributed by atoms with Crippen molar-refractivity contribution in [2.24, 2.45) is 5.73 Å². The van der Waals surface area contributed by atoms with Crippen LogP contribution in [0.25, 0.3) is 0 Å². The molecule has 1 heterocycles. The van der Waals surface area contributed by atoms with Crippen LogP contribution in [0.5, 0.6) is 0 Å². The fourth-order valence-corrected chi connectivity index (χ4v) is 2.70. The quantitative estimate of drug-likeness (QED) is 0.922. The van der Waals surface area contributed by atoms with Crippen LogP contribution in [0.2, 0.25) is 5.02 Å². The van der Waals surface area contributed by atoms with E-state index in [9.17, 15) is 18.0 Å². The first-order valence-corrected chi connectivity index (χ1v) is 7.07. The highest BCUT2D eigenvalue weighted by molar-refractivity contribution is 6.31. The van der Waals surface area contributed by atoms with Crippen molar-refractivity contribution in [1.29, 1.82) is 0 Å². The largest absolute Gasteiger partial charge is 0.417 e. The van der Waals surface area contributed by atoms with E-state index in [0.717, 1.165) is 6.07 Å². The number of morpholine rings is 1. The molecule has 1 aliphatic heterocycles. The molecule has 1 aromatic carbocycles. The zero-order valence-corrected chi connectivity index (χ0v) is 12.6. The molecule has 1 aromatic rings. The van der Waals surface area contributed by atoms with Crippen LogP contribution in [0, 0.1) is 0 Å². The fourth-order valence-electron chi connectivity index (χ4n) is 2.47. The summed E-state index contributed by atoms with van der Waals surface area (Å²) in [5.74, 6) is -0.580. The average molecular weight is 337 g/mol. The monoisotopic (exact) mass is 336 g/mol. The highest BCUT2D eigenvalue weighted by atomic mass is 35.5. The molecule has 2 rings (SSSR count). The van der Waals surface area contributed by atoms with Crippen LogP contribution < -0.4 is 5.73 Å². The van der Waals surface area contributed by atoms with Crippen LogP contribution in [-0.4, -0.2) is 36.1 Å². The first kappa shape index (κ1) is 17.1. The van der Waals surface area contributed by atoms with E-state index in [0.29, 0.717) is 12.1 Å². The summed E-state index contributed by atoms with van der Waals surface area (Å²) in [7, 11) is 0. The first-order chi connectivity index (χ1) is 10.2. The van der Waals surface area contributed by atoms with Crippen LogP contribution in [0.1, 0.15) is 18.1 Å². The van der Waals surface area contributed by atoms with Crippen molar-refractivity contribution >= 4 is 17.5 Å². The summed E-state index contributed by atoms with van der Waals surface area (Å²) < 4.78 is 44.0. The van der Waals surface area contributed by atoms with Crippen molar-refractivity contribution in [1.82, 2.24) is 4.90 Å². The maximum Gasteiger partial charge on any atom is 0.417 e. The molecular formula is C14H16ClF3N2O2. The molecular weight excluding hydrogens is 321 g/mol. The average Bonchev–Trinajstić information content (AvgIpc) is 2.39. The van der Waals surface area contributed by atoms with E-state index >= 15 is 0 Å². The number of hydrogen-bond donors (Lipinski definition) is 1. The Morgan fingerprint density at radius 2 is 2.14 bits per heavy atom. The Hall–Kier alpha value is -1.31. The second kappa shape index (κ2) is 6.44. The number of halogens is 4. The lowest BCUT2D eigenvalue weighted by atomic mass is 10.1. The number of primary amides is 1. The molecule has 1 aliphatic rings. The van der Waals surface area contributed by atoms with Gasteiger partial charge in [-0.25, -0.2) is 0 Å². The van der Waals surface area contributed by atoms with Crippen molar-refractivity contribution in [3.8, 4) is 0 Å². The number of benzene rings is 1. The molecule has 2 N–H and O–H groups in total. The molecule has 22 heavy (non-hydrogen) atoms. The van der Waals surface area contributed by atoms with E-state index in [1.54, 1.807) is 6.92 Å². The van der Waals surface area contributed by atoms with Gasteiger partial charge in [-0.3, -0.25) is 9.69 Å². The number of amides is 1. The van der Waals surface area contributed by atoms with E-state index in [1.807, 2.05) is 4.90 Å². The molecule has 0 bridgehead atoms. The summed E-state index contributed by atoms with van der Waals surface area (Å²) in [5.41, 5.74) is 4.83. The van der Waals surface area contributed by atoms with E-state index in [1.165, 1.54) is 12.1 Å². The molecule has 4 nitrogen and oxygen atoms in total. The van der Waals surface area contributed by atoms with Crippen LogP contribution >= 0.6 is 11.6 Å². The van der Waals surface area contributed by atoms with Crippen molar-refractivity contribution in [2.75, 3.05) is 13.1 Å². The highest BCUT2D eigenvalue weighted by Crippen LogP contribution is 2.35. The van der Waals surface area contributed by atoms with Crippen molar-refractivity contribution in [3.63, 3.8) is 0 Å². The highest BCUT2D eigenvalue weighted by Gasteiger charge is 2.34. The lowest BCUT2D eigenvalue weighted by Crippen LogP contribution is -2.51. The number of alkyl halides is 3. The molecule has 0 unspecified atom stereocenters. The number of ether oxygens (including phenoxy) is 1. The predicted molar refractivity (Wildman–Crippen MR) is 75.3 cm³/mol. The summed E-state index contributed by atoms with van der Waals surface area (Å²) in [5, 5.41) is -0.332. The van der Waals surface area contributed by atoms with Gasteiger partial charge in [0.2, 0.25) is 5.91 Å². The summed E-state index contributed by atoms with van der Waals surface area (Å²) >= 11 is 5.60. The Balaban J connectivity index is 2.15. The Morgan fingerprint density at radius 1 is 1.45 bits per heavy atom. The minimum atomic E-state index is -4.50. The molecule has 0 spiro atoms. The third-order valence-electron chi connectivity index (χ3n) is 3.40. The molecule has 2 atom stereocenters. The van der Waals surface area contributed by atoms with Gasteiger partial charge in [-0.2, -0.15) is 13.2 Å². The summed E-state index contributed by atoms with van der Waals surface area (Å²) in [6.07, 6.45) is -5.47. The molecule has 1 saturated heterocycles. The number of nitrogens with zero attached hydrogens (tertiary/aromatic N) is 1. The molecule has 0 saturated carbocycles. The maximum atomic E-state index is 12.9. The summed E-state index contributed by atoms with van der Waals surface area (Å²) in [4.78, 5) is 13.1. The zero-order chi connectivity index (χ0) is 16.5. The fraction of sp³-hybridized carbons (Fsp3) is 0.500. The standard InChI is InChI=1S/C14H16ClF3N2O2/c1-8-5-20(7-12(22-8)13(19)21)6-9-2-3-11(15)10(4-9)14(16,17)18/h2-4,8,12H,5-7H2,1H3,(H2,19,21)/t8-,12-/m1/s1. The first-order valence-electron chi connectivity index (χ1n) is 6.69. The van der Waals surface area contributed by atoms with Gasteiger partial charge in [-0.15, -0.1) is 0 Å². The van der Waals surface area contributed by atoms with Gasteiger partial charge in [0.1, 0.15) is 6.10 Å². The molecule has 0 aromatic heterocycles. The SMILES string of the molecule is C[C@@H]1CN(Cc2ccc(Cl)c(C(F)(F)F)c2)C[C@H](C(N)=O)O1. The summed E-state index contributed by atoms with van der Waals surface area (Å²) in [6, 6.07) is 3.80. The van der Waals surface area contributed by atoms with Gasteiger partial charge in [0, 0.05) is 19.6 Å². The number of carbonyl (C=O) groups excluding carboxylic acids is 1. The van der Waals surface area contributed by atoms with Gasteiger partial charge in [-0.1, -0.05) is 17.7 Å². The Kier molecular flexibility index (Phi) is 4.99. The third-order valence-corrected chi connectivity index (χ3v) is 3.73. The second-order valence-corrected chi connectivity index (χ2v) is 5.75. The molecule has 122 valence electrons. The molecule has 1 fully saturated rings. The van der Waals surface area contributed by atoms with Crippen LogP contribution in [0.3, 0.4) is 0 Å². The smallest absolute Gasteiger partial charge is 0.367 e. The van der Waals surface area contributed by atoms with E-state index < -0.39 is 23.8 Å². The second-order valence-electron chi connectivity index (χ2n) is 5.34. The van der Waals surface area contributed by atoms with E-state index in [2.05, 4.69) is 0 Å². The third kappa shape index (κ3) is 4.12. The number of nitrogens with two attached hydrogens (primary N) is 1. The number of rotatable bonds is 3. The van der Waals surface area contributed by atoms with Crippen molar-refractivity contribution < 1.29 is 22.7 Å². The summed E-state index contributed by atoms with van der Waals surface area (Å²) in [6.45, 7) is 2.81. The minimum absolute atomic E-state index is 0.222. The zero-order valence-electron chi connectivity index (χ0n) is 11.9. The van der Waals surface area contributed by atoms with Gasteiger partial charge in [0.15, 0.2) is 0 Å². The maximum absolute atomic E-state index is 12.9. The normalized spacial score (nSPS) is 23.5. The van der Waals surface area contributed by atoms with E-state index in [-0.39, 0.29) is 24.2 Å². The van der Waals surface area contributed by atoms with E-state index in [4.69, 9.17) is 22.1 Å². The van der Waals surface area contributed by atoms with Crippen molar-refractivity contribution in [2.45, 2.75) is 31.9 Å². The Labute approximate surface area is 131 Å². The van der Waals surface area contributed by atoms with Crippen LogP contribution in [0.4, 0.5) is 13.2 Å². The Morgan fingerprint density at radius 3 is 2.73 bits per heavy atom. The minimum Gasteiger partial charge on any atom is -0.367 e. The Bertz CT molecular complexity index is 566. The lowest BCUT2D eigenvalue weighted by molar-refractivity contribution is -0.142. The number of carbonyl (C=O) groups is 1. The van der Waals surface area contributed by atoms with Gasteiger partial charge in [0.05, 0.1) is 16.7 Å². The van der Waals surface area contributed by atoms with Gasteiger partial charge in [0.25, 0.3) is 0 Å². The van der Waals surface area contributed by atoms with Gasteiger partial charge < -0.3 is 10.5 Å². The van der Waals surface area contributed by atoms with Gasteiger partial charge in [-0.05, 0) is 24.6 Å². The molecule has 0 radical (unpaired) electrons. The van der Waals surface area contributed by atoms with Crippen LogP contribution in [0.15, 0.2) is 18.2 Å². The molecule has 0 aliphatic carbocycles. The van der Waals surface area contributed by atoms with Crippen molar-refractivity contribution in [3.05, 3.63) is 34.3 Å². The lowest BCUT2D eigenvalue weighted by Gasteiger charge is -2.35. The predicted octanol–water partition coefficient (Wildman–Crippen LogP) is 2.43. The van der Waals surface area contributed by atoms with Gasteiger partial charge >= 0.3 is 6.18 Å². The van der Waals surface area contributed by atoms with Crippen LogP contribution in [-0.2, 0) is 22.3 Å². The topological polar surface area (TPSA) is 55.6 Å². The number of hydrogen-bond acceptors (Lipinski definition) is 3. The molecule has 8 heteroatoms. The molecule has 1 amide bonds.